The van der Waals surface area contributed by atoms with Gasteiger partial charge in [-0.05, 0) is 80.1 Å². The summed E-state index contributed by atoms with van der Waals surface area (Å²) in [6, 6.07) is 13.0. The van der Waals surface area contributed by atoms with Gasteiger partial charge in [0.05, 0.1) is 6.61 Å². The van der Waals surface area contributed by atoms with Crippen molar-refractivity contribution < 1.29 is 24.2 Å². The number of benzene rings is 2. The summed E-state index contributed by atoms with van der Waals surface area (Å²) in [6.07, 6.45) is 1.57. The number of carboxylic acid groups (broad SMARTS) is 1. The quantitative estimate of drug-likeness (QED) is 0.315. The number of carbonyl (C=O) groups is 2. The molecule has 196 valence electrons. The first-order valence-electron chi connectivity index (χ1n) is 12.3. The maximum atomic E-state index is 13.0. The van der Waals surface area contributed by atoms with E-state index in [1.165, 1.54) is 0 Å². The van der Waals surface area contributed by atoms with Gasteiger partial charge in [-0.2, -0.15) is 0 Å². The molecule has 0 aliphatic carbocycles. The molecule has 0 saturated carbocycles. The molecular formula is C27H36ClN3O5. The third-order valence-electron chi connectivity index (χ3n) is 6.43. The predicted molar refractivity (Wildman–Crippen MR) is 140 cm³/mol. The lowest BCUT2D eigenvalue weighted by Crippen LogP contribution is -2.41. The molecule has 0 spiro atoms. The van der Waals surface area contributed by atoms with Crippen molar-refractivity contribution in [2.24, 2.45) is 5.92 Å². The highest BCUT2D eigenvalue weighted by Crippen LogP contribution is 2.31. The molecule has 1 aliphatic heterocycles. The summed E-state index contributed by atoms with van der Waals surface area (Å²) in [4.78, 5) is 23.8. The van der Waals surface area contributed by atoms with E-state index in [2.05, 4.69) is 16.0 Å². The highest BCUT2D eigenvalue weighted by Gasteiger charge is 2.21. The number of likely N-dealkylation sites (N-methyl/N-ethyl adjacent to an activating group) is 1. The van der Waals surface area contributed by atoms with Crippen LogP contribution in [0.3, 0.4) is 0 Å². The second-order valence-corrected chi connectivity index (χ2v) is 9.56. The van der Waals surface area contributed by atoms with Crippen LogP contribution in [0, 0.1) is 12.8 Å². The van der Waals surface area contributed by atoms with E-state index >= 15 is 0 Å². The summed E-state index contributed by atoms with van der Waals surface area (Å²) in [6.45, 7) is 4.40. The molecule has 1 fully saturated rings. The molecule has 0 bridgehead atoms. The van der Waals surface area contributed by atoms with E-state index in [0.717, 1.165) is 49.2 Å². The smallest absolute Gasteiger partial charge is 0.404 e. The van der Waals surface area contributed by atoms with Gasteiger partial charge in [0, 0.05) is 42.9 Å². The summed E-state index contributed by atoms with van der Waals surface area (Å²) < 4.78 is 11.7. The molecule has 0 unspecified atom stereocenters. The number of ether oxygens (including phenoxy) is 2. The molecule has 1 saturated heterocycles. The summed E-state index contributed by atoms with van der Waals surface area (Å²) in [5.74, 6) is 0.344. The molecule has 0 radical (unpaired) electrons. The molecule has 2 amide bonds. The number of hydrogen-bond donors (Lipinski definition) is 4. The van der Waals surface area contributed by atoms with Gasteiger partial charge in [0.2, 0.25) is 0 Å². The molecule has 4 N–H and O–H groups in total. The van der Waals surface area contributed by atoms with Crippen molar-refractivity contribution in [1.82, 2.24) is 16.0 Å². The Bertz CT molecular complexity index is 1010. The molecule has 9 heteroatoms. The fourth-order valence-electron chi connectivity index (χ4n) is 4.45. The molecule has 2 aromatic rings. The van der Waals surface area contributed by atoms with Crippen molar-refractivity contribution in [3.8, 4) is 0 Å². The summed E-state index contributed by atoms with van der Waals surface area (Å²) in [7, 11) is 1.91. The molecule has 2 aromatic carbocycles. The minimum absolute atomic E-state index is 0.142. The van der Waals surface area contributed by atoms with E-state index in [1.54, 1.807) is 6.07 Å². The maximum absolute atomic E-state index is 13.0. The number of halogens is 1. The summed E-state index contributed by atoms with van der Waals surface area (Å²) in [5, 5.41) is 18.1. The molecule has 8 nitrogen and oxygen atoms in total. The highest BCUT2D eigenvalue weighted by molar-refractivity contribution is 6.30. The number of nitrogens with one attached hydrogen (secondary N) is 3. The van der Waals surface area contributed by atoms with E-state index in [1.807, 2.05) is 50.4 Å². The van der Waals surface area contributed by atoms with Gasteiger partial charge in [0.1, 0.15) is 6.10 Å². The monoisotopic (exact) mass is 517 g/mol. The Labute approximate surface area is 217 Å². The summed E-state index contributed by atoms with van der Waals surface area (Å²) in [5.41, 5.74) is 3.16. The van der Waals surface area contributed by atoms with Crippen LogP contribution in [0.15, 0.2) is 42.5 Å². The van der Waals surface area contributed by atoms with Crippen LogP contribution in [0.2, 0.25) is 5.02 Å². The second kappa shape index (κ2) is 14.2. The fraction of sp³-hybridized carbons (Fsp3) is 0.481. The van der Waals surface area contributed by atoms with Gasteiger partial charge in [-0.15, -0.1) is 0 Å². The molecule has 1 heterocycles. The Morgan fingerprint density at radius 3 is 2.78 bits per heavy atom. The summed E-state index contributed by atoms with van der Waals surface area (Å²) >= 11 is 6.26. The van der Waals surface area contributed by atoms with Crippen molar-refractivity contribution >= 4 is 23.6 Å². The lowest BCUT2D eigenvalue weighted by molar-refractivity contribution is 0.0478. The van der Waals surface area contributed by atoms with Crippen LogP contribution in [0.25, 0.3) is 0 Å². The number of rotatable bonds is 12. The van der Waals surface area contributed by atoms with Gasteiger partial charge < -0.3 is 30.5 Å². The van der Waals surface area contributed by atoms with Gasteiger partial charge in [-0.25, -0.2) is 4.79 Å². The van der Waals surface area contributed by atoms with E-state index in [0.29, 0.717) is 23.0 Å². The van der Waals surface area contributed by atoms with E-state index in [-0.39, 0.29) is 25.1 Å². The van der Waals surface area contributed by atoms with E-state index in [9.17, 15) is 9.59 Å². The lowest BCUT2D eigenvalue weighted by Gasteiger charge is -2.26. The molecule has 1 aliphatic rings. The Balaban J connectivity index is 1.71. The first-order valence-corrected chi connectivity index (χ1v) is 12.7. The maximum Gasteiger partial charge on any atom is 0.404 e. The van der Waals surface area contributed by atoms with Gasteiger partial charge in [-0.3, -0.25) is 4.79 Å². The SMILES string of the molecule is CN[C@H](CNC(=O)c1cccc([C@@H](OCCNC(=O)O)c2cc(Cl)ccc2C)c1)C[C@H]1CCCOC1. The third-order valence-corrected chi connectivity index (χ3v) is 6.66. The van der Waals surface area contributed by atoms with Crippen LogP contribution >= 0.6 is 11.6 Å². The van der Waals surface area contributed by atoms with E-state index < -0.39 is 12.2 Å². The third kappa shape index (κ3) is 8.48. The van der Waals surface area contributed by atoms with Crippen LogP contribution in [0.5, 0.6) is 0 Å². The standard InChI is InChI=1S/C27H36ClN3O5/c1-18-8-9-22(28)15-24(18)25(36-12-10-30-27(33)34)20-6-3-7-21(14-20)26(32)31-16-23(29-2)13-19-5-4-11-35-17-19/h3,6-9,14-15,19,23,25,29-30H,4-5,10-13,16-17H2,1-2H3,(H,31,32)(H,33,34)/t19-,23+,25-/m1/s1. The van der Waals surface area contributed by atoms with Gasteiger partial charge in [-0.1, -0.05) is 29.8 Å². The first-order chi connectivity index (χ1) is 17.4. The number of hydrogen-bond acceptors (Lipinski definition) is 5. The number of aryl methyl sites for hydroxylation is 1. The zero-order valence-electron chi connectivity index (χ0n) is 20.9. The molecular weight excluding hydrogens is 482 g/mol. The van der Waals surface area contributed by atoms with Crippen molar-refractivity contribution in [3.63, 3.8) is 0 Å². The van der Waals surface area contributed by atoms with Crippen LogP contribution < -0.4 is 16.0 Å². The Morgan fingerprint density at radius 1 is 1.22 bits per heavy atom. The van der Waals surface area contributed by atoms with E-state index in [4.69, 9.17) is 26.2 Å². The minimum Gasteiger partial charge on any atom is -0.465 e. The van der Waals surface area contributed by atoms with Crippen molar-refractivity contribution in [2.75, 3.05) is 40.0 Å². The highest BCUT2D eigenvalue weighted by atomic mass is 35.5. The number of carbonyl (C=O) groups excluding carboxylic acids is 1. The van der Waals surface area contributed by atoms with Crippen LogP contribution in [-0.4, -0.2) is 63.1 Å². The van der Waals surface area contributed by atoms with Crippen LogP contribution in [-0.2, 0) is 9.47 Å². The lowest BCUT2D eigenvalue weighted by atomic mass is 9.94. The van der Waals surface area contributed by atoms with Gasteiger partial charge in [0.25, 0.3) is 5.91 Å². The van der Waals surface area contributed by atoms with Crippen LogP contribution in [0.1, 0.15) is 52.4 Å². The van der Waals surface area contributed by atoms with Gasteiger partial charge in [0.15, 0.2) is 0 Å². The zero-order valence-corrected chi connectivity index (χ0v) is 21.6. The van der Waals surface area contributed by atoms with Crippen molar-refractivity contribution in [1.29, 1.82) is 0 Å². The fourth-order valence-corrected chi connectivity index (χ4v) is 4.63. The average molecular weight is 518 g/mol. The minimum atomic E-state index is -1.11. The predicted octanol–water partition coefficient (Wildman–Crippen LogP) is 4.16. The zero-order chi connectivity index (χ0) is 25.9. The largest absolute Gasteiger partial charge is 0.465 e. The normalized spacial score (nSPS) is 17.2. The Morgan fingerprint density at radius 2 is 2.06 bits per heavy atom. The van der Waals surface area contributed by atoms with Gasteiger partial charge >= 0.3 is 6.09 Å². The number of amides is 2. The molecule has 3 atom stereocenters. The van der Waals surface area contributed by atoms with Crippen molar-refractivity contribution in [2.45, 2.75) is 38.3 Å². The van der Waals surface area contributed by atoms with Crippen molar-refractivity contribution in [3.05, 3.63) is 69.7 Å². The van der Waals surface area contributed by atoms with Crippen LogP contribution in [0.4, 0.5) is 4.79 Å². The molecule has 3 rings (SSSR count). The Hall–Kier alpha value is -2.65. The molecule has 36 heavy (non-hydrogen) atoms. The Kier molecular flexibility index (Phi) is 11.0. The average Bonchev–Trinajstić information content (AvgIpc) is 2.88. The topological polar surface area (TPSA) is 109 Å². The second-order valence-electron chi connectivity index (χ2n) is 9.12. The molecule has 0 aromatic heterocycles. The first kappa shape index (κ1) is 27.9.